The molecule has 5 nitrogen and oxygen atoms in total. The summed E-state index contributed by atoms with van der Waals surface area (Å²) in [5, 5.41) is 10.3. The fourth-order valence-electron chi connectivity index (χ4n) is 4.03. The molecular formula is C20H24N2O3S. The van der Waals surface area contributed by atoms with Gasteiger partial charge in [0.1, 0.15) is 17.2 Å². The molecule has 3 atom stereocenters. The van der Waals surface area contributed by atoms with Gasteiger partial charge in [-0.05, 0) is 48.9 Å². The number of aromatic nitrogens is 1. The number of thioether (sulfide) groups is 1. The van der Waals surface area contributed by atoms with Gasteiger partial charge in [-0.3, -0.25) is 4.90 Å². The van der Waals surface area contributed by atoms with Crippen LogP contribution in [0.3, 0.4) is 0 Å². The van der Waals surface area contributed by atoms with E-state index in [-0.39, 0.29) is 5.75 Å². The Bertz CT molecular complexity index is 726. The molecular weight excluding hydrogens is 348 g/mol. The maximum Gasteiger partial charge on any atom is 0.133 e. The van der Waals surface area contributed by atoms with E-state index in [4.69, 9.17) is 9.47 Å². The number of methoxy groups -OCH3 is 1. The minimum Gasteiger partial charge on any atom is -0.506 e. The van der Waals surface area contributed by atoms with Gasteiger partial charge in [0.05, 0.1) is 30.3 Å². The molecule has 4 rings (SSSR count). The zero-order valence-corrected chi connectivity index (χ0v) is 15.7. The summed E-state index contributed by atoms with van der Waals surface area (Å²) in [6, 6.07) is 11.4. The van der Waals surface area contributed by atoms with Crippen molar-refractivity contribution in [1.29, 1.82) is 0 Å². The maximum atomic E-state index is 9.30. The molecule has 0 spiro atoms. The second-order valence-corrected chi connectivity index (χ2v) is 8.04. The van der Waals surface area contributed by atoms with Gasteiger partial charge in [0, 0.05) is 19.2 Å². The molecule has 2 aromatic rings. The summed E-state index contributed by atoms with van der Waals surface area (Å²) < 4.78 is 11.5. The summed E-state index contributed by atoms with van der Waals surface area (Å²) in [6.45, 7) is 2.27. The van der Waals surface area contributed by atoms with Crippen LogP contribution in [0.2, 0.25) is 0 Å². The quantitative estimate of drug-likeness (QED) is 0.782. The molecule has 2 heterocycles. The molecule has 2 fully saturated rings. The minimum absolute atomic E-state index is 0.215. The summed E-state index contributed by atoms with van der Waals surface area (Å²) in [5.74, 6) is 4.35. The van der Waals surface area contributed by atoms with Crippen molar-refractivity contribution in [1.82, 2.24) is 9.88 Å². The highest BCUT2D eigenvalue weighted by atomic mass is 32.2. The van der Waals surface area contributed by atoms with E-state index in [1.165, 1.54) is 6.20 Å². The van der Waals surface area contributed by atoms with Gasteiger partial charge in [-0.1, -0.05) is 17.8 Å². The van der Waals surface area contributed by atoms with Gasteiger partial charge in [0.25, 0.3) is 0 Å². The van der Waals surface area contributed by atoms with Crippen LogP contribution in [0.5, 0.6) is 17.2 Å². The van der Waals surface area contributed by atoms with E-state index in [1.54, 1.807) is 24.9 Å². The Hall–Kier alpha value is -1.92. The van der Waals surface area contributed by atoms with Crippen molar-refractivity contribution in [2.75, 3.05) is 26.1 Å². The van der Waals surface area contributed by atoms with Crippen molar-refractivity contribution in [2.45, 2.75) is 24.0 Å². The highest BCUT2D eigenvalue weighted by molar-refractivity contribution is 7.99. The Morgan fingerprint density at radius 2 is 1.92 bits per heavy atom. The van der Waals surface area contributed by atoms with E-state index < -0.39 is 0 Å². The Labute approximate surface area is 158 Å². The van der Waals surface area contributed by atoms with Crippen LogP contribution in [0.15, 0.2) is 47.6 Å². The predicted molar refractivity (Wildman–Crippen MR) is 102 cm³/mol. The second-order valence-electron chi connectivity index (χ2n) is 7.07. The molecule has 26 heavy (non-hydrogen) atoms. The number of rotatable bonds is 6. The van der Waals surface area contributed by atoms with Gasteiger partial charge in [-0.15, -0.1) is 0 Å². The normalized spacial score (nSPS) is 25.2. The third-order valence-corrected chi connectivity index (χ3v) is 6.27. The van der Waals surface area contributed by atoms with Gasteiger partial charge in [0.15, 0.2) is 0 Å². The molecule has 1 aliphatic heterocycles. The van der Waals surface area contributed by atoms with Crippen LogP contribution < -0.4 is 9.47 Å². The number of hydrogen-bond acceptors (Lipinski definition) is 6. The standard InChI is InChI=1S/C20H24N2O3S/c1-24-17-3-2-4-18(9-17)25-19-7-14-11-22(12-15(14)8-19)13-26-20-6-5-16(23)10-21-20/h2-6,9-10,14-15,19,23H,7-8,11-13H2,1H3/t14-,15+,19+. The van der Waals surface area contributed by atoms with Gasteiger partial charge in [-0.2, -0.15) is 0 Å². The zero-order valence-electron chi connectivity index (χ0n) is 14.9. The Balaban J connectivity index is 1.25. The van der Waals surface area contributed by atoms with Crippen molar-refractivity contribution in [3.05, 3.63) is 42.6 Å². The summed E-state index contributed by atoms with van der Waals surface area (Å²) in [7, 11) is 1.68. The highest BCUT2D eigenvalue weighted by Gasteiger charge is 2.41. The number of fused-ring (bicyclic) bond motifs is 1. The van der Waals surface area contributed by atoms with Crippen molar-refractivity contribution in [3.8, 4) is 17.2 Å². The number of benzene rings is 1. The van der Waals surface area contributed by atoms with E-state index >= 15 is 0 Å². The van der Waals surface area contributed by atoms with Crippen molar-refractivity contribution >= 4 is 11.8 Å². The van der Waals surface area contributed by atoms with Gasteiger partial charge < -0.3 is 14.6 Å². The zero-order chi connectivity index (χ0) is 17.9. The molecule has 1 saturated carbocycles. The summed E-state index contributed by atoms with van der Waals surface area (Å²) in [5.41, 5.74) is 0. The highest BCUT2D eigenvalue weighted by Crippen LogP contribution is 2.40. The average Bonchev–Trinajstić information content (AvgIpc) is 3.19. The van der Waals surface area contributed by atoms with Crippen LogP contribution in [0.1, 0.15) is 12.8 Å². The number of ether oxygens (including phenoxy) is 2. The molecule has 6 heteroatoms. The van der Waals surface area contributed by atoms with E-state index in [0.717, 1.165) is 60.2 Å². The van der Waals surface area contributed by atoms with Gasteiger partial charge in [-0.25, -0.2) is 4.98 Å². The summed E-state index contributed by atoms with van der Waals surface area (Å²) in [6.07, 6.45) is 4.06. The molecule has 138 valence electrons. The fraction of sp³-hybridized carbons (Fsp3) is 0.450. The lowest BCUT2D eigenvalue weighted by Crippen LogP contribution is -2.24. The average molecular weight is 372 g/mol. The first-order valence-electron chi connectivity index (χ1n) is 9.00. The lowest BCUT2D eigenvalue weighted by atomic mass is 10.0. The van der Waals surface area contributed by atoms with E-state index in [2.05, 4.69) is 9.88 Å². The van der Waals surface area contributed by atoms with Gasteiger partial charge in [0.2, 0.25) is 0 Å². The number of pyridine rings is 1. The Kier molecular flexibility index (Phi) is 5.22. The van der Waals surface area contributed by atoms with Crippen LogP contribution in [0.4, 0.5) is 0 Å². The topological polar surface area (TPSA) is 54.8 Å². The van der Waals surface area contributed by atoms with Crippen molar-refractivity contribution in [2.24, 2.45) is 11.8 Å². The largest absolute Gasteiger partial charge is 0.506 e. The minimum atomic E-state index is 0.215. The summed E-state index contributed by atoms with van der Waals surface area (Å²) >= 11 is 1.73. The Morgan fingerprint density at radius 3 is 2.62 bits per heavy atom. The molecule has 0 amide bonds. The first kappa shape index (κ1) is 17.5. The molecule has 2 aliphatic rings. The van der Waals surface area contributed by atoms with Crippen molar-refractivity contribution in [3.63, 3.8) is 0 Å². The third kappa shape index (κ3) is 4.07. The third-order valence-electron chi connectivity index (χ3n) is 5.24. The van der Waals surface area contributed by atoms with Gasteiger partial charge >= 0.3 is 0 Å². The molecule has 1 aromatic heterocycles. The van der Waals surface area contributed by atoms with Crippen LogP contribution in [0, 0.1) is 11.8 Å². The SMILES string of the molecule is COc1cccc(O[C@H]2C[C@@H]3CN(CSc4ccc(O)cn4)C[C@@H]3C2)c1. The molecule has 1 aliphatic carbocycles. The maximum absolute atomic E-state index is 9.30. The number of likely N-dealkylation sites (tertiary alicyclic amines) is 1. The Morgan fingerprint density at radius 1 is 1.15 bits per heavy atom. The molecule has 0 unspecified atom stereocenters. The van der Waals surface area contributed by atoms with E-state index in [0.29, 0.717) is 6.10 Å². The monoisotopic (exact) mass is 372 g/mol. The summed E-state index contributed by atoms with van der Waals surface area (Å²) in [4.78, 5) is 6.75. The molecule has 1 saturated heterocycles. The van der Waals surface area contributed by atoms with Crippen LogP contribution in [-0.2, 0) is 0 Å². The molecule has 1 aromatic carbocycles. The smallest absolute Gasteiger partial charge is 0.133 e. The molecule has 1 N–H and O–H groups in total. The van der Waals surface area contributed by atoms with Crippen LogP contribution >= 0.6 is 11.8 Å². The second kappa shape index (κ2) is 7.76. The van der Waals surface area contributed by atoms with E-state index in [9.17, 15) is 5.11 Å². The predicted octanol–water partition coefficient (Wildman–Crippen LogP) is 3.63. The van der Waals surface area contributed by atoms with Crippen LogP contribution in [-0.4, -0.2) is 47.2 Å². The van der Waals surface area contributed by atoms with E-state index in [1.807, 2.05) is 30.3 Å². The lowest BCUT2D eigenvalue weighted by molar-refractivity contribution is 0.189. The number of aromatic hydroxyl groups is 1. The first-order chi connectivity index (χ1) is 12.7. The molecule has 0 radical (unpaired) electrons. The number of nitrogens with zero attached hydrogens (tertiary/aromatic N) is 2. The lowest BCUT2D eigenvalue weighted by Gasteiger charge is -2.19. The fourth-order valence-corrected chi connectivity index (χ4v) is 4.84. The van der Waals surface area contributed by atoms with Crippen LogP contribution in [0.25, 0.3) is 0 Å². The first-order valence-corrected chi connectivity index (χ1v) is 9.99. The van der Waals surface area contributed by atoms with Crippen molar-refractivity contribution < 1.29 is 14.6 Å². The molecule has 0 bridgehead atoms. The number of hydrogen-bond donors (Lipinski definition) is 1.